The molecule has 1 N–H and O–H groups in total. The number of anilines is 2. The standard InChI is InChI=1S/C18H18Cl2N2O2/c1-3-13-4-6-16(7-5-13)21-18(24)11-22(12(2)23)17-9-14(19)8-15(20)10-17/h4-10H,3,11H2,1-2H3,(H,21,24). The largest absolute Gasteiger partial charge is 0.325 e. The number of hydrogen-bond acceptors (Lipinski definition) is 2. The SMILES string of the molecule is CCc1ccc(NC(=O)CN(C(C)=O)c2cc(Cl)cc(Cl)c2)cc1. The van der Waals surface area contributed by atoms with Crippen molar-refractivity contribution in [3.8, 4) is 0 Å². The Morgan fingerprint density at radius 3 is 2.12 bits per heavy atom. The predicted octanol–water partition coefficient (Wildman–Crippen LogP) is 4.55. The molecule has 0 unspecified atom stereocenters. The Labute approximate surface area is 151 Å². The van der Waals surface area contributed by atoms with E-state index in [0.717, 1.165) is 6.42 Å². The fourth-order valence-corrected chi connectivity index (χ4v) is 2.76. The third-order valence-corrected chi connectivity index (χ3v) is 3.92. The summed E-state index contributed by atoms with van der Waals surface area (Å²) in [6, 6.07) is 12.3. The van der Waals surface area contributed by atoms with Gasteiger partial charge in [0.25, 0.3) is 0 Å². The zero-order chi connectivity index (χ0) is 17.7. The maximum absolute atomic E-state index is 12.3. The molecule has 6 heteroatoms. The fourth-order valence-electron chi connectivity index (χ4n) is 2.25. The van der Waals surface area contributed by atoms with Gasteiger partial charge in [-0.25, -0.2) is 0 Å². The molecule has 0 atom stereocenters. The van der Waals surface area contributed by atoms with Gasteiger partial charge in [-0.1, -0.05) is 42.3 Å². The third-order valence-electron chi connectivity index (χ3n) is 3.49. The van der Waals surface area contributed by atoms with E-state index in [0.29, 0.717) is 21.4 Å². The maximum Gasteiger partial charge on any atom is 0.244 e. The van der Waals surface area contributed by atoms with Crippen molar-refractivity contribution < 1.29 is 9.59 Å². The van der Waals surface area contributed by atoms with Crippen LogP contribution in [0, 0.1) is 0 Å². The minimum absolute atomic E-state index is 0.123. The van der Waals surface area contributed by atoms with E-state index in [2.05, 4.69) is 12.2 Å². The van der Waals surface area contributed by atoms with E-state index in [-0.39, 0.29) is 18.4 Å². The quantitative estimate of drug-likeness (QED) is 0.845. The van der Waals surface area contributed by atoms with E-state index in [1.54, 1.807) is 18.2 Å². The van der Waals surface area contributed by atoms with Crippen molar-refractivity contribution in [3.05, 3.63) is 58.1 Å². The molecule has 2 aromatic carbocycles. The second kappa shape index (κ2) is 8.18. The molecule has 0 saturated carbocycles. The molecule has 0 saturated heterocycles. The Hall–Kier alpha value is -2.04. The first-order valence-electron chi connectivity index (χ1n) is 7.52. The summed E-state index contributed by atoms with van der Waals surface area (Å²) < 4.78 is 0. The van der Waals surface area contributed by atoms with Crippen molar-refractivity contribution in [2.24, 2.45) is 0 Å². The normalized spacial score (nSPS) is 10.3. The van der Waals surface area contributed by atoms with Gasteiger partial charge in [-0.15, -0.1) is 0 Å². The first-order valence-corrected chi connectivity index (χ1v) is 8.27. The molecular formula is C18H18Cl2N2O2. The van der Waals surface area contributed by atoms with Gasteiger partial charge in [0.15, 0.2) is 0 Å². The summed E-state index contributed by atoms with van der Waals surface area (Å²) in [4.78, 5) is 25.5. The highest BCUT2D eigenvalue weighted by Gasteiger charge is 2.17. The first-order chi connectivity index (χ1) is 11.4. The summed E-state index contributed by atoms with van der Waals surface area (Å²) in [5.41, 5.74) is 2.35. The lowest BCUT2D eigenvalue weighted by Crippen LogP contribution is -2.36. The second-order valence-corrected chi connectivity index (χ2v) is 6.20. The van der Waals surface area contributed by atoms with Crippen LogP contribution in [0.3, 0.4) is 0 Å². The van der Waals surface area contributed by atoms with Gasteiger partial charge in [-0.3, -0.25) is 9.59 Å². The lowest BCUT2D eigenvalue weighted by molar-refractivity contribution is -0.120. The number of carbonyl (C=O) groups excluding carboxylic acids is 2. The molecule has 0 aliphatic carbocycles. The van der Waals surface area contributed by atoms with Gasteiger partial charge < -0.3 is 10.2 Å². The molecule has 0 bridgehead atoms. The van der Waals surface area contributed by atoms with E-state index in [1.807, 2.05) is 24.3 Å². The summed E-state index contributed by atoms with van der Waals surface area (Å²) in [7, 11) is 0. The van der Waals surface area contributed by atoms with E-state index in [9.17, 15) is 9.59 Å². The van der Waals surface area contributed by atoms with Crippen LogP contribution in [0.4, 0.5) is 11.4 Å². The number of benzene rings is 2. The molecule has 0 heterocycles. The molecule has 4 nitrogen and oxygen atoms in total. The highest BCUT2D eigenvalue weighted by molar-refractivity contribution is 6.35. The van der Waals surface area contributed by atoms with Crippen molar-refractivity contribution in [3.63, 3.8) is 0 Å². The predicted molar refractivity (Wildman–Crippen MR) is 98.9 cm³/mol. The van der Waals surface area contributed by atoms with Crippen LogP contribution in [-0.4, -0.2) is 18.4 Å². The van der Waals surface area contributed by atoms with Crippen molar-refractivity contribution in [2.45, 2.75) is 20.3 Å². The van der Waals surface area contributed by atoms with Crippen molar-refractivity contribution in [1.29, 1.82) is 0 Å². The van der Waals surface area contributed by atoms with Gasteiger partial charge in [-0.05, 0) is 42.3 Å². The topological polar surface area (TPSA) is 49.4 Å². The first kappa shape index (κ1) is 18.3. The summed E-state index contributed by atoms with van der Waals surface area (Å²) >= 11 is 11.9. The monoisotopic (exact) mass is 364 g/mol. The highest BCUT2D eigenvalue weighted by atomic mass is 35.5. The second-order valence-electron chi connectivity index (χ2n) is 5.33. The van der Waals surface area contributed by atoms with Crippen molar-refractivity contribution in [1.82, 2.24) is 0 Å². The Morgan fingerprint density at radius 2 is 1.62 bits per heavy atom. The Bertz CT molecular complexity index is 725. The van der Waals surface area contributed by atoms with Crippen LogP contribution < -0.4 is 10.2 Å². The average molecular weight is 365 g/mol. The van der Waals surface area contributed by atoms with Crippen molar-refractivity contribution in [2.75, 3.05) is 16.8 Å². The van der Waals surface area contributed by atoms with E-state index in [1.165, 1.54) is 17.4 Å². The van der Waals surface area contributed by atoms with Crippen LogP contribution in [0.1, 0.15) is 19.4 Å². The summed E-state index contributed by atoms with van der Waals surface area (Å²) in [6.07, 6.45) is 0.932. The molecule has 0 radical (unpaired) electrons. The minimum Gasteiger partial charge on any atom is -0.325 e. The number of amides is 2. The molecule has 0 aromatic heterocycles. The van der Waals surface area contributed by atoms with Gasteiger partial charge in [0.05, 0.1) is 0 Å². The van der Waals surface area contributed by atoms with E-state index in [4.69, 9.17) is 23.2 Å². The summed E-state index contributed by atoms with van der Waals surface area (Å²) in [5, 5.41) is 3.58. The number of carbonyl (C=O) groups is 2. The average Bonchev–Trinajstić information content (AvgIpc) is 2.52. The summed E-state index contributed by atoms with van der Waals surface area (Å²) in [5.74, 6) is -0.574. The molecule has 126 valence electrons. The number of aryl methyl sites for hydroxylation is 1. The summed E-state index contributed by atoms with van der Waals surface area (Å²) in [6.45, 7) is 3.33. The smallest absolute Gasteiger partial charge is 0.244 e. The number of nitrogens with zero attached hydrogens (tertiary/aromatic N) is 1. The molecule has 0 aliphatic rings. The van der Waals surface area contributed by atoms with Gasteiger partial charge in [0, 0.05) is 28.3 Å². The van der Waals surface area contributed by atoms with E-state index >= 15 is 0 Å². The van der Waals surface area contributed by atoms with Gasteiger partial charge in [0.2, 0.25) is 11.8 Å². The van der Waals surface area contributed by atoms with Crippen LogP contribution >= 0.6 is 23.2 Å². The van der Waals surface area contributed by atoms with Crippen LogP contribution in [-0.2, 0) is 16.0 Å². The van der Waals surface area contributed by atoms with Gasteiger partial charge >= 0.3 is 0 Å². The maximum atomic E-state index is 12.3. The molecule has 2 aromatic rings. The zero-order valence-electron chi connectivity index (χ0n) is 13.5. The molecule has 0 spiro atoms. The lowest BCUT2D eigenvalue weighted by atomic mass is 10.1. The van der Waals surface area contributed by atoms with E-state index < -0.39 is 0 Å². The number of rotatable bonds is 5. The van der Waals surface area contributed by atoms with Gasteiger partial charge in [-0.2, -0.15) is 0 Å². The lowest BCUT2D eigenvalue weighted by Gasteiger charge is -2.21. The number of halogens is 2. The molecule has 0 fully saturated rings. The zero-order valence-corrected chi connectivity index (χ0v) is 15.0. The number of nitrogens with one attached hydrogen (secondary N) is 1. The van der Waals surface area contributed by atoms with Gasteiger partial charge in [0.1, 0.15) is 6.54 Å². The fraction of sp³-hybridized carbons (Fsp3) is 0.222. The third kappa shape index (κ3) is 4.98. The molecule has 24 heavy (non-hydrogen) atoms. The Morgan fingerprint density at radius 1 is 1.04 bits per heavy atom. The molecule has 2 rings (SSSR count). The number of hydrogen-bond donors (Lipinski definition) is 1. The Balaban J connectivity index is 2.11. The molecule has 0 aliphatic heterocycles. The van der Waals surface area contributed by atoms with Crippen LogP contribution in [0.2, 0.25) is 10.0 Å². The minimum atomic E-state index is -0.300. The highest BCUT2D eigenvalue weighted by Crippen LogP contribution is 2.25. The van der Waals surface area contributed by atoms with Crippen molar-refractivity contribution >= 4 is 46.4 Å². The van der Waals surface area contributed by atoms with Crippen LogP contribution in [0.5, 0.6) is 0 Å². The Kier molecular flexibility index (Phi) is 6.23. The van der Waals surface area contributed by atoms with Crippen LogP contribution in [0.25, 0.3) is 0 Å². The van der Waals surface area contributed by atoms with Crippen LogP contribution in [0.15, 0.2) is 42.5 Å². The molecule has 2 amide bonds. The molecular weight excluding hydrogens is 347 g/mol.